The Morgan fingerprint density at radius 1 is 1.09 bits per heavy atom. The van der Waals surface area contributed by atoms with E-state index in [-0.39, 0.29) is 22.1 Å². The van der Waals surface area contributed by atoms with Crippen LogP contribution in [0.4, 0.5) is 10.1 Å². The number of rotatable bonds is 4. The van der Waals surface area contributed by atoms with E-state index in [9.17, 15) is 9.18 Å². The van der Waals surface area contributed by atoms with E-state index >= 15 is 0 Å². The van der Waals surface area contributed by atoms with E-state index in [1.807, 2.05) is 37.3 Å². The second-order valence-corrected chi connectivity index (χ2v) is 6.47. The number of hydrazine groups is 1. The Balaban J connectivity index is 1.76. The van der Waals surface area contributed by atoms with Gasteiger partial charge in [-0.3, -0.25) is 15.6 Å². The van der Waals surface area contributed by atoms with Gasteiger partial charge in [0.2, 0.25) is 0 Å². The van der Waals surface area contributed by atoms with Crippen molar-refractivity contribution in [2.24, 2.45) is 0 Å². The smallest absolute Gasteiger partial charge is 0.251 e. The van der Waals surface area contributed by atoms with Gasteiger partial charge in [-0.05, 0) is 55.5 Å². The first-order valence-corrected chi connectivity index (χ1v) is 8.17. The first-order chi connectivity index (χ1) is 11.0. The summed E-state index contributed by atoms with van der Waals surface area (Å²) < 4.78 is 12.8. The average molecular weight is 349 g/mol. The number of nitrogens with one attached hydrogen (secondary N) is 3. The van der Waals surface area contributed by atoms with Crippen molar-refractivity contribution in [3.8, 4) is 0 Å². The van der Waals surface area contributed by atoms with Crippen LogP contribution in [0, 0.1) is 5.82 Å². The molecule has 0 radical (unpaired) electrons. The highest BCUT2D eigenvalue weighted by atomic mass is 32.2. The zero-order chi connectivity index (χ0) is 16.7. The highest BCUT2D eigenvalue weighted by Crippen LogP contribution is 2.22. The zero-order valence-corrected chi connectivity index (χ0v) is 14.0. The molecule has 7 heteroatoms. The molecular formula is C16H16FN3OS2. The van der Waals surface area contributed by atoms with Crippen LogP contribution in [-0.4, -0.2) is 16.3 Å². The Hall–Kier alpha value is -2.12. The molecule has 2 aromatic rings. The van der Waals surface area contributed by atoms with Gasteiger partial charge < -0.3 is 5.32 Å². The van der Waals surface area contributed by atoms with Gasteiger partial charge in [0.1, 0.15) is 5.82 Å². The van der Waals surface area contributed by atoms with Gasteiger partial charge >= 0.3 is 0 Å². The number of anilines is 1. The van der Waals surface area contributed by atoms with Crippen molar-refractivity contribution < 1.29 is 9.18 Å². The lowest BCUT2D eigenvalue weighted by Gasteiger charge is -2.15. The summed E-state index contributed by atoms with van der Waals surface area (Å²) in [5.41, 5.74) is 5.80. The number of hydrogen-bond donors (Lipinski definition) is 3. The molecule has 0 aliphatic carbocycles. The van der Waals surface area contributed by atoms with Crippen LogP contribution in [0.15, 0.2) is 59.5 Å². The van der Waals surface area contributed by atoms with Crippen LogP contribution < -0.4 is 16.2 Å². The van der Waals surface area contributed by atoms with Gasteiger partial charge in [-0.2, -0.15) is 0 Å². The Labute approximate surface area is 143 Å². The second kappa shape index (κ2) is 8.50. The van der Waals surface area contributed by atoms with E-state index in [0.29, 0.717) is 5.69 Å². The maximum absolute atomic E-state index is 12.8. The summed E-state index contributed by atoms with van der Waals surface area (Å²) >= 11 is 6.52. The summed E-state index contributed by atoms with van der Waals surface area (Å²) in [4.78, 5) is 13.0. The fourth-order valence-electron chi connectivity index (χ4n) is 1.67. The predicted octanol–water partition coefficient (Wildman–Crippen LogP) is 3.32. The van der Waals surface area contributed by atoms with E-state index in [1.54, 1.807) is 12.1 Å². The van der Waals surface area contributed by atoms with Crippen LogP contribution in [0.1, 0.15) is 6.92 Å². The molecular weight excluding hydrogens is 333 g/mol. The number of carbonyl (C=O) groups is 1. The average Bonchev–Trinajstić information content (AvgIpc) is 2.55. The van der Waals surface area contributed by atoms with Crippen molar-refractivity contribution in [2.45, 2.75) is 17.1 Å². The molecule has 120 valence electrons. The third-order valence-electron chi connectivity index (χ3n) is 2.83. The van der Waals surface area contributed by atoms with E-state index in [2.05, 4.69) is 16.2 Å². The number of hydrogen-bond acceptors (Lipinski definition) is 3. The summed E-state index contributed by atoms with van der Waals surface area (Å²) in [6.45, 7) is 1.81. The largest absolute Gasteiger partial charge is 0.331 e. The molecule has 23 heavy (non-hydrogen) atoms. The molecule has 0 bridgehead atoms. The van der Waals surface area contributed by atoms with Gasteiger partial charge in [0, 0.05) is 10.6 Å². The molecule has 0 spiro atoms. The number of amides is 1. The molecule has 0 aliphatic heterocycles. The van der Waals surface area contributed by atoms with Crippen LogP contribution in [0.3, 0.4) is 0 Å². The van der Waals surface area contributed by atoms with Gasteiger partial charge in [0.15, 0.2) is 5.11 Å². The lowest BCUT2D eigenvalue weighted by Crippen LogP contribution is -2.46. The molecule has 2 aromatic carbocycles. The monoisotopic (exact) mass is 349 g/mol. The molecule has 0 aliphatic rings. The van der Waals surface area contributed by atoms with Gasteiger partial charge in [0.05, 0.1) is 5.25 Å². The van der Waals surface area contributed by atoms with Crippen molar-refractivity contribution in [3.05, 3.63) is 60.4 Å². The molecule has 0 aromatic heterocycles. The maximum atomic E-state index is 12.8. The quantitative estimate of drug-likeness (QED) is 0.449. The van der Waals surface area contributed by atoms with Crippen molar-refractivity contribution in [3.63, 3.8) is 0 Å². The van der Waals surface area contributed by atoms with Crippen LogP contribution >= 0.6 is 24.0 Å². The molecule has 3 N–H and O–H groups in total. The molecule has 1 amide bonds. The summed E-state index contributed by atoms with van der Waals surface area (Å²) in [6, 6.07) is 15.4. The minimum Gasteiger partial charge on any atom is -0.331 e. The number of thioether (sulfide) groups is 1. The Morgan fingerprint density at radius 2 is 1.74 bits per heavy atom. The van der Waals surface area contributed by atoms with Crippen molar-refractivity contribution in [1.29, 1.82) is 0 Å². The van der Waals surface area contributed by atoms with Gasteiger partial charge in [-0.25, -0.2) is 4.39 Å². The van der Waals surface area contributed by atoms with Crippen LogP contribution in [0.2, 0.25) is 0 Å². The van der Waals surface area contributed by atoms with Crippen LogP contribution in [0.5, 0.6) is 0 Å². The van der Waals surface area contributed by atoms with E-state index in [4.69, 9.17) is 12.2 Å². The van der Waals surface area contributed by atoms with Gasteiger partial charge in [0.25, 0.3) is 5.91 Å². The van der Waals surface area contributed by atoms with Gasteiger partial charge in [-0.1, -0.05) is 18.2 Å². The molecule has 0 unspecified atom stereocenters. The SMILES string of the molecule is C[C@@H](Sc1ccccc1)C(=O)NNC(=S)Nc1ccc(F)cc1. The Bertz CT molecular complexity index is 665. The van der Waals surface area contributed by atoms with Crippen LogP contribution in [-0.2, 0) is 4.79 Å². The third-order valence-corrected chi connectivity index (χ3v) is 4.14. The first kappa shape index (κ1) is 17.2. The first-order valence-electron chi connectivity index (χ1n) is 6.89. The summed E-state index contributed by atoms with van der Waals surface area (Å²) in [5, 5.41) is 2.79. The van der Waals surface area contributed by atoms with Crippen molar-refractivity contribution in [1.82, 2.24) is 10.9 Å². The molecule has 0 saturated heterocycles. The van der Waals surface area contributed by atoms with E-state index in [1.165, 1.54) is 23.9 Å². The molecule has 2 rings (SSSR count). The number of thiocarbonyl (C=S) groups is 1. The number of carbonyl (C=O) groups excluding carboxylic acids is 1. The molecule has 0 fully saturated rings. The maximum Gasteiger partial charge on any atom is 0.251 e. The predicted molar refractivity (Wildman–Crippen MR) is 95.7 cm³/mol. The zero-order valence-electron chi connectivity index (χ0n) is 12.4. The van der Waals surface area contributed by atoms with E-state index in [0.717, 1.165) is 4.90 Å². The lowest BCUT2D eigenvalue weighted by atomic mass is 10.3. The fraction of sp³-hybridized carbons (Fsp3) is 0.125. The molecule has 1 atom stereocenters. The molecule has 0 heterocycles. The molecule has 0 saturated carbocycles. The number of halogens is 1. The van der Waals surface area contributed by atoms with Gasteiger partial charge in [-0.15, -0.1) is 11.8 Å². The Morgan fingerprint density at radius 3 is 2.39 bits per heavy atom. The standard InChI is InChI=1S/C16H16FN3OS2/c1-11(23-14-5-3-2-4-6-14)15(21)19-20-16(22)18-13-9-7-12(17)8-10-13/h2-11H,1H3,(H,19,21)(H2,18,20,22)/t11-/m1/s1. The summed E-state index contributed by atoms with van der Waals surface area (Å²) in [6.07, 6.45) is 0. The van der Waals surface area contributed by atoms with E-state index < -0.39 is 0 Å². The Kier molecular flexibility index (Phi) is 6.37. The minimum absolute atomic E-state index is 0.192. The summed E-state index contributed by atoms with van der Waals surface area (Å²) in [7, 11) is 0. The normalized spacial score (nSPS) is 11.4. The summed E-state index contributed by atoms with van der Waals surface area (Å²) in [5.74, 6) is -0.517. The van der Waals surface area contributed by atoms with Crippen molar-refractivity contribution >= 4 is 40.7 Å². The fourth-order valence-corrected chi connectivity index (χ4v) is 2.73. The molecule has 4 nitrogen and oxygen atoms in total. The highest BCUT2D eigenvalue weighted by molar-refractivity contribution is 8.00. The van der Waals surface area contributed by atoms with Crippen LogP contribution in [0.25, 0.3) is 0 Å². The second-order valence-electron chi connectivity index (χ2n) is 4.65. The lowest BCUT2D eigenvalue weighted by molar-refractivity contribution is -0.120. The third kappa shape index (κ3) is 5.88. The topological polar surface area (TPSA) is 53.2 Å². The number of benzene rings is 2. The van der Waals surface area contributed by atoms with Crippen molar-refractivity contribution in [2.75, 3.05) is 5.32 Å². The minimum atomic E-state index is -0.325. The highest BCUT2D eigenvalue weighted by Gasteiger charge is 2.14.